The third-order valence-electron chi connectivity index (χ3n) is 7.98. The van der Waals surface area contributed by atoms with Crippen LogP contribution in [0.15, 0.2) is 119 Å². The van der Waals surface area contributed by atoms with Gasteiger partial charge in [0.1, 0.15) is 21.3 Å². The Morgan fingerprint density at radius 2 is 0.759 bits per heavy atom. The molecule has 274 valence electrons. The summed E-state index contributed by atoms with van der Waals surface area (Å²) in [5, 5.41) is 30.9. The molecule has 0 unspecified atom stereocenters. The summed E-state index contributed by atoms with van der Waals surface area (Å²) in [6, 6.07) is 24.6. The highest BCUT2D eigenvalue weighted by Gasteiger charge is 2.24. The second-order valence-corrected chi connectivity index (χ2v) is 14.3. The zero-order valence-electron chi connectivity index (χ0n) is 27.3. The number of carbonyl (C=O) groups excluding carboxylic acids is 4. The van der Waals surface area contributed by atoms with E-state index in [1.165, 1.54) is 84.9 Å². The smallest absolute Gasteiger partial charge is 0.314 e. The monoisotopic (exact) mass is 770 g/mol. The van der Waals surface area contributed by atoms with Gasteiger partial charge in [-0.05, 0) is 48.5 Å². The van der Waals surface area contributed by atoms with E-state index in [1.54, 1.807) is 12.1 Å². The summed E-state index contributed by atoms with van der Waals surface area (Å²) in [6.45, 7) is 0. The topological polar surface area (TPSA) is 266 Å². The summed E-state index contributed by atoms with van der Waals surface area (Å²) in [6.07, 6.45) is 0. The molecule has 0 fully saturated rings. The normalized spacial score (nSPS) is 11.5. The molecular weight excluding hydrogens is 745 g/mol. The van der Waals surface area contributed by atoms with Gasteiger partial charge in [-0.3, -0.25) is 28.3 Å². The number of rotatable bonds is 8. The van der Waals surface area contributed by atoms with Gasteiger partial charge < -0.3 is 31.5 Å². The summed E-state index contributed by atoms with van der Waals surface area (Å²) in [5.41, 5.74) is 0.633. The van der Waals surface area contributed by atoms with E-state index in [0.717, 1.165) is 12.1 Å². The molecule has 4 amide bonds. The molecule has 0 radical (unpaired) electrons. The van der Waals surface area contributed by atoms with E-state index in [-0.39, 0.29) is 55.4 Å². The van der Waals surface area contributed by atoms with Crippen LogP contribution in [0.4, 0.5) is 22.7 Å². The molecule has 0 aromatic heterocycles. The van der Waals surface area contributed by atoms with Crippen molar-refractivity contribution in [3.05, 3.63) is 120 Å². The van der Waals surface area contributed by atoms with Crippen molar-refractivity contribution in [3.8, 4) is 11.5 Å². The Balaban J connectivity index is 1.07. The largest absolute Gasteiger partial charge is 0.506 e. The van der Waals surface area contributed by atoms with E-state index in [2.05, 4.69) is 21.3 Å². The van der Waals surface area contributed by atoms with Gasteiger partial charge in [-0.15, -0.1) is 0 Å². The van der Waals surface area contributed by atoms with E-state index in [4.69, 9.17) is 0 Å². The molecule has 6 aromatic carbocycles. The predicted molar refractivity (Wildman–Crippen MR) is 197 cm³/mol. The van der Waals surface area contributed by atoms with Crippen LogP contribution < -0.4 is 21.3 Å². The average molecular weight is 771 g/mol. The summed E-state index contributed by atoms with van der Waals surface area (Å²) in [7, 11) is -9.58. The first-order valence-corrected chi connectivity index (χ1v) is 18.3. The summed E-state index contributed by atoms with van der Waals surface area (Å²) in [4.78, 5) is 49.8. The minimum atomic E-state index is -4.79. The maximum atomic E-state index is 13.0. The molecule has 18 heteroatoms. The highest BCUT2D eigenvalue weighted by Crippen LogP contribution is 2.38. The number of aromatic hydroxyl groups is 2. The number of anilines is 4. The van der Waals surface area contributed by atoms with E-state index in [1.807, 2.05) is 0 Å². The van der Waals surface area contributed by atoms with Crippen LogP contribution in [-0.2, 0) is 29.8 Å². The number of benzene rings is 6. The number of nitrogens with one attached hydrogen (secondary N) is 4. The maximum Gasteiger partial charge on any atom is 0.314 e. The van der Waals surface area contributed by atoms with Crippen molar-refractivity contribution in [2.45, 2.75) is 9.79 Å². The fourth-order valence-corrected chi connectivity index (χ4v) is 7.15. The maximum absolute atomic E-state index is 13.0. The Hall–Kier alpha value is -6.86. The van der Waals surface area contributed by atoms with Crippen LogP contribution in [0.25, 0.3) is 21.5 Å². The highest BCUT2D eigenvalue weighted by atomic mass is 32.2. The van der Waals surface area contributed by atoms with Crippen LogP contribution in [0.1, 0.15) is 20.7 Å². The van der Waals surface area contributed by atoms with Crippen LogP contribution in [0.5, 0.6) is 11.5 Å². The molecule has 6 rings (SSSR count). The van der Waals surface area contributed by atoms with Crippen molar-refractivity contribution in [2.75, 3.05) is 21.3 Å². The zero-order chi connectivity index (χ0) is 38.9. The number of hydrogen-bond donors (Lipinski definition) is 8. The fourth-order valence-electron chi connectivity index (χ4n) is 5.59. The third kappa shape index (κ3) is 7.66. The minimum absolute atomic E-state index is 0.0203. The molecule has 0 spiro atoms. The first kappa shape index (κ1) is 36.9. The Labute approximate surface area is 305 Å². The standard InChI is InChI=1S/C36H26N4O12S2/c41-29-17-27(23-5-1-3-7-25(23)31(29)53(47,48)49)39-33(43)19-9-13-21(14-10-19)37-35(45)36(46)38-22-15-11-20(12-16-22)34(44)40-28-18-30(42)32(54(50,51)52)26-8-4-2-6-24(26)28/h1-18,41-42H,(H,37,45)(H,38,46)(H,39,43)(H,40,44)(H,47,48,49)(H,50,51,52). The first-order valence-electron chi connectivity index (χ1n) is 15.4. The van der Waals surface area contributed by atoms with Gasteiger partial charge in [-0.25, -0.2) is 0 Å². The number of carbonyl (C=O) groups is 4. The van der Waals surface area contributed by atoms with Gasteiger partial charge in [0.2, 0.25) is 0 Å². The first-order chi connectivity index (χ1) is 25.5. The van der Waals surface area contributed by atoms with Crippen LogP contribution in [0.3, 0.4) is 0 Å². The van der Waals surface area contributed by atoms with E-state index >= 15 is 0 Å². The molecule has 6 aromatic rings. The molecule has 0 atom stereocenters. The van der Waals surface area contributed by atoms with Gasteiger partial charge in [0.15, 0.2) is 0 Å². The Morgan fingerprint density at radius 1 is 0.444 bits per heavy atom. The van der Waals surface area contributed by atoms with Gasteiger partial charge in [0, 0.05) is 56.2 Å². The lowest BCUT2D eigenvalue weighted by Crippen LogP contribution is -2.29. The highest BCUT2D eigenvalue weighted by molar-refractivity contribution is 7.86. The van der Waals surface area contributed by atoms with Crippen molar-refractivity contribution in [3.63, 3.8) is 0 Å². The second-order valence-electron chi connectivity index (χ2n) is 11.6. The summed E-state index contributed by atoms with van der Waals surface area (Å²) in [5.74, 6) is -4.99. The molecule has 16 nitrogen and oxygen atoms in total. The Bertz CT molecular complexity index is 2560. The molecule has 0 saturated carbocycles. The summed E-state index contributed by atoms with van der Waals surface area (Å²) >= 11 is 0. The SMILES string of the molecule is O=C(Nc1ccc(C(=O)Nc2cc(O)c(S(=O)(=O)O)c3ccccc23)cc1)C(=O)Nc1ccc(C(=O)Nc2cc(O)c(S(=O)(=O)O)c3ccccc23)cc1. The van der Waals surface area contributed by atoms with Crippen LogP contribution >= 0.6 is 0 Å². The molecule has 54 heavy (non-hydrogen) atoms. The Morgan fingerprint density at radius 3 is 1.07 bits per heavy atom. The number of fused-ring (bicyclic) bond motifs is 2. The molecule has 0 bridgehead atoms. The van der Waals surface area contributed by atoms with Gasteiger partial charge in [-0.1, -0.05) is 48.5 Å². The summed E-state index contributed by atoms with van der Waals surface area (Å²) < 4.78 is 66.5. The Kier molecular flexibility index (Phi) is 9.76. The van der Waals surface area contributed by atoms with Gasteiger partial charge in [0.05, 0.1) is 11.4 Å². The molecule has 0 aliphatic carbocycles. The molecule has 0 aliphatic rings. The van der Waals surface area contributed by atoms with Crippen molar-refractivity contribution < 1.29 is 55.3 Å². The van der Waals surface area contributed by atoms with E-state index in [9.17, 15) is 55.3 Å². The average Bonchev–Trinajstić information content (AvgIpc) is 3.11. The van der Waals surface area contributed by atoms with Gasteiger partial charge in [-0.2, -0.15) is 16.8 Å². The molecule has 0 aliphatic heterocycles. The quantitative estimate of drug-likeness (QED) is 0.0753. The van der Waals surface area contributed by atoms with Crippen LogP contribution in [0, 0.1) is 0 Å². The number of phenols is 2. The van der Waals surface area contributed by atoms with Crippen molar-refractivity contribution in [1.29, 1.82) is 0 Å². The number of amides is 4. The minimum Gasteiger partial charge on any atom is -0.506 e. The number of phenolic OH excluding ortho intramolecular Hbond substituents is 2. The lowest BCUT2D eigenvalue weighted by Gasteiger charge is -2.13. The second kappa shape index (κ2) is 14.3. The molecular formula is C36H26N4O12S2. The molecule has 8 N–H and O–H groups in total. The fraction of sp³-hybridized carbons (Fsp3) is 0. The lowest BCUT2D eigenvalue weighted by atomic mass is 10.1. The van der Waals surface area contributed by atoms with Crippen LogP contribution in [-0.4, -0.2) is 59.8 Å². The molecule has 0 heterocycles. The van der Waals surface area contributed by atoms with Crippen molar-refractivity contribution in [1.82, 2.24) is 0 Å². The van der Waals surface area contributed by atoms with Crippen molar-refractivity contribution >= 4 is 88.2 Å². The van der Waals surface area contributed by atoms with E-state index < -0.39 is 65.2 Å². The van der Waals surface area contributed by atoms with E-state index in [0.29, 0.717) is 0 Å². The van der Waals surface area contributed by atoms with Crippen LogP contribution in [0.2, 0.25) is 0 Å². The van der Waals surface area contributed by atoms with Gasteiger partial charge in [0.25, 0.3) is 32.1 Å². The number of hydrogen-bond acceptors (Lipinski definition) is 10. The van der Waals surface area contributed by atoms with Crippen molar-refractivity contribution in [2.24, 2.45) is 0 Å². The lowest BCUT2D eigenvalue weighted by molar-refractivity contribution is -0.132. The third-order valence-corrected chi connectivity index (χ3v) is 9.87. The zero-order valence-corrected chi connectivity index (χ0v) is 28.9. The predicted octanol–water partition coefficient (Wildman–Crippen LogP) is 4.98. The van der Waals surface area contributed by atoms with Gasteiger partial charge >= 0.3 is 11.8 Å². The molecule has 0 saturated heterocycles.